The lowest BCUT2D eigenvalue weighted by molar-refractivity contribution is -0.127. The van der Waals surface area contributed by atoms with Crippen LogP contribution in [0.4, 0.5) is 0 Å². The second kappa shape index (κ2) is 13.6. The van der Waals surface area contributed by atoms with E-state index >= 15 is 0 Å². The third-order valence-electron chi connectivity index (χ3n) is 4.76. The van der Waals surface area contributed by atoms with E-state index in [1.54, 1.807) is 19.0 Å². The van der Waals surface area contributed by atoms with Crippen LogP contribution in [0.1, 0.15) is 37.3 Å². The lowest BCUT2D eigenvalue weighted by Gasteiger charge is -2.26. The largest absolute Gasteiger partial charge is 0.353 e. The van der Waals surface area contributed by atoms with Crippen molar-refractivity contribution in [3.8, 4) is 0 Å². The van der Waals surface area contributed by atoms with E-state index in [-0.39, 0.29) is 36.4 Å². The third kappa shape index (κ3) is 10.1. The number of carbonyl (C=O) groups excluding carboxylic acids is 1. The highest BCUT2D eigenvalue weighted by Crippen LogP contribution is 2.14. The number of benzene rings is 1. The lowest BCUT2D eigenvalue weighted by Crippen LogP contribution is -2.43. The van der Waals surface area contributed by atoms with Crippen LogP contribution in [0.2, 0.25) is 0 Å². The van der Waals surface area contributed by atoms with Crippen LogP contribution < -0.4 is 10.6 Å². The van der Waals surface area contributed by atoms with E-state index in [1.807, 2.05) is 6.92 Å². The maximum atomic E-state index is 11.8. The van der Waals surface area contributed by atoms with Crippen LogP contribution in [0.5, 0.6) is 0 Å². The van der Waals surface area contributed by atoms with Crippen molar-refractivity contribution >= 4 is 35.8 Å². The number of nitrogens with one attached hydrogen (secondary N) is 2. The van der Waals surface area contributed by atoms with Crippen molar-refractivity contribution in [2.75, 3.05) is 40.3 Å². The van der Waals surface area contributed by atoms with E-state index < -0.39 is 0 Å². The van der Waals surface area contributed by atoms with Gasteiger partial charge in [-0.3, -0.25) is 9.69 Å². The van der Waals surface area contributed by atoms with E-state index in [4.69, 9.17) is 0 Å². The SMILES string of the molecule is C=C(C)CNC(=NCc1ccc(CN2CCCCC2)cc1)NCC(=O)N(C)C.I. The molecule has 1 aromatic carbocycles. The Morgan fingerprint density at radius 3 is 2.24 bits per heavy atom. The van der Waals surface area contributed by atoms with Gasteiger partial charge in [0.15, 0.2) is 5.96 Å². The predicted molar refractivity (Wildman–Crippen MR) is 132 cm³/mol. The summed E-state index contributed by atoms with van der Waals surface area (Å²) in [7, 11) is 3.49. The predicted octanol–water partition coefficient (Wildman–Crippen LogP) is 2.99. The number of likely N-dealkylation sites (tertiary alicyclic amines) is 1. The highest BCUT2D eigenvalue weighted by atomic mass is 127. The van der Waals surface area contributed by atoms with Crippen LogP contribution in [-0.2, 0) is 17.9 Å². The number of nitrogens with zero attached hydrogens (tertiary/aromatic N) is 3. The number of likely N-dealkylation sites (N-methyl/N-ethyl adjacent to an activating group) is 1. The standard InChI is InChI=1S/C22H35N5O.HI/c1-18(2)14-23-22(25-16-21(28)26(3)4)24-15-19-8-10-20(11-9-19)17-27-12-6-5-7-13-27;/h8-11H,1,5-7,12-17H2,2-4H3,(H2,23,24,25);1H. The first-order valence-electron chi connectivity index (χ1n) is 10.1. The van der Waals surface area contributed by atoms with Crippen LogP contribution in [0.15, 0.2) is 41.4 Å². The molecule has 1 fully saturated rings. The van der Waals surface area contributed by atoms with Gasteiger partial charge in [-0.05, 0) is 44.0 Å². The smallest absolute Gasteiger partial charge is 0.241 e. The number of piperidine rings is 1. The monoisotopic (exact) mass is 513 g/mol. The van der Waals surface area contributed by atoms with Gasteiger partial charge in [0.1, 0.15) is 0 Å². The van der Waals surface area contributed by atoms with Crippen molar-refractivity contribution in [2.24, 2.45) is 4.99 Å². The molecule has 0 unspecified atom stereocenters. The van der Waals surface area contributed by atoms with Crippen LogP contribution >= 0.6 is 24.0 Å². The molecule has 1 aliphatic rings. The van der Waals surface area contributed by atoms with Gasteiger partial charge in [-0.2, -0.15) is 0 Å². The topological polar surface area (TPSA) is 60.0 Å². The number of hydrogen-bond donors (Lipinski definition) is 2. The van der Waals surface area contributed by atoms with Crippen LogP contribution in [0, 0.1) is 0 Å². The van der Waals surface area contributed by atoms with E-state index in [0.717, 1.165) is 17.7 Å². The number of carbonyl (C=O) groups is 1. The molecule has 2 N–H and O–H groups in total. The van der Waals surface area contributed by atoms with Gasteiger partial charge in [-0.25, -0.2) is 4.99 Å². The molecule has 162 valence electrons. The highest BCUT2D eigenvalue weighted by molar-refractivity contribution is 14.0. The molecule has 1 heterocycles. The summed E-state index contributed by atoms with van der Waals surface area (Å²) in [6, 6.07) is 8.68. The minimum Gasteiger partial charge on any atom is -0.353 e. The fourth-order valence-electron chi connectivity index (χ4n) is 3.02. The van der Waals surface area contributed by atoms with Gasteiger partial charge in [0.2, 0.25) is 5.91 Å². The Kier molecular flexibility index (Phi) is 11.9. The molecule has 0 aromatic heterocycles. The minimum atomic E-state index is 0. The van der Waals surface area contributed by atoms with Gasteiger partial charge in [-0.1, -0.05) is 42.8 Å². The first-order valence-corrected chi connectivity index (χ1v) is 10.1. The molecule has 7 heteroatoms. The molecule has 0 atom stereocenters. The van der Waals surface area contributed by atoms with Gasteiger partial charge < -0.3 is 15.5 Å². The molecule has 1 aromatic rings. The molecule has 1 saturated heterocycles. The summed E-state index contributed by atoms with van der Waals surface area (Å²) in [5.41, 5.74) is 3.51. The summed E-state index contributed by atoms with van der Waals surface area (Å²) in [6.45, 7) is 10.7. The second-order valence-corrected chi connectivity index (χ2v) is 7.77. The molecular weight excluding hydrogens is 477 g/mol. The van der Waals surface area contributed by atoms with Crippen molar-refractivity contribution < 1.29 is 4.79 Å². The van der Waals surface area contributed by atoms with Crippen molar-refractivity contribution in [1.29, 1.82) is 0 Å². The van der Waals surface area contributed by atoms with Crippen LogP contribution in [0.3, 0.4) is 0 Å². The van der Waals surface area contributed by atoms with Gasteiger partial charge in [0.25, 0.3) is 0 Å². The molecular formula is C22H36IN5O. The maximum Gasteiger partial charge on any atom is 0.241 e. The van der Waals surface area contributed by atoms with Crippen LogP contribution in [0.25, 0.3) is 0 Å². The summed E-state index contributed by atoms with van der Waals surface area (Å²) < 4.78 is 0. The quantitative estimate of drug-likeness (QED) is 0.243. The van der Waals surface area contributed by atoms with Gasteiger partial charge in [0.05, 0.1) is 13.1 Å². The minimum absolute atomic E-state index is 0. The summed E-state index contributed by atoms with van der Waals surface area (Å²) in [6.07, 6.45) is 4.00. The molecule has 6 nitrogen and oxygen atoms in total. The van der Waals surface area contributed by atoms with Crippen molar-refractivity contribution in [3.63, 3.8) is 0 Å². The summed E-state index contributed by atoms with van der Waals surface area (Å²) >= 11 is 0. The first-order chi connectivity index (χ1) is 13.4. The fourth-order valence-corrected chi connectivity index (χ4v) is 3.02. The average Bonchev–Trinajstić information content (AvgIpc) is 2.68. The molecule has 0 spiro atoms. The van der Waals surface area contributed by atoms with Crippen molar-refractivity contribution in [3.05, 3.63) is 47.5 Å². The molecule has 29 heavy (non-hydrogen) atoms. The molecule has 0 bridgehead atoms. The third-order valence-corrected chi connectivity index (χ3v) is 4.76. The average molecular weight is 513 g/mol. The summed E-state index contributed by atoms with van der Waals surface area (Å²) in [4.78, 5) is 20.5. The van der Waals surface area contributed by atoms with Crippen molar-refractivity contribution in [2.45, 2.75) is 39.3 Å². The Bertz CT molecular complexity index is 666. The first kappa shape index (κ1) is 25.4. The Morgan fingerprint density at radius 2 is 1.66 bits per heavy atom. The molecule has 0 saturated carbocycles. The number of aliphatic imine (C=N–C) groups is 1. The van der Waals surface area contributed by atoms with Gasteiger partial charge in [0, 0.05) is 27.2 Å². The van der Waals surface area contributed by atoms with Crippen LogP contribution in [-0.4, -0.2) is 61.9 Å². The number of amides is 1. The van der Waals surface area contributed by atoms with Gasteiger partial charge in [-0.15, -0.1) is 24.0 Å². The Balaban J connectivity index is 0.00000420. The zero-order valence-electron chi connectivity index (χ0n) is 18.0. The van der Waals surface area contributed by atoms with E-state index in [9.17, 15) is 4.79 Å². The van der Waals surface area contributed by atoms with Crippen molar-refractivity contribution in [1.82, 2.24) is 20.4 Å². The fraction of sp³-hybridized carbons (Fsp3) is 0.545. The summed E-state index contributed by atoms with van der Waals surface area (Å²) in [5, 5.41) is 6.30. The molecule has 0 radical (unpaired) electrons. The lowest BCUT2D eigenvalue weighted by atomic mass is 10.1. The molecule has 1 aliphatic heterocycles. The van der Waals surface area contributed by atoms with E-state index in [2.05, 4.69) is 51.4 Å². The van der Waals surface area contributed by atoms with E-state index in [1.165, 1.54) is 37.9 Å². The summed E-state index contributed by atoms with van der Waals surface area (Å²) in [5.74, 6) is 0.627. The Morgan fingerprint density at radius 1 is 1.07 bits per heavy atom. The number of hydrogen-bond acceptors (Lipinski definition) is 3. The number of halogens is 1. The molecule has 1 amide bonds. The number of rotatable bonds is 8. The zero-order valence-corrected chi connectivity index (χ0v) is 20.4. The molecule has 0 aliphatic carbocycles. The second-order valence-electron chi connectivity index (χ2n) is 7.77. The molecule has 2 rings (SSSR count). The highest BCUT2D eigenvalue weighted by Gasteiger charge is 2.10. The van der Waals surface area contributed by atoms with Gasteiger partial charge >= 0.3 is 0 Å². The number of guanidine groups is 1. The normalized spacial score (nSPS) is 14.7. The Hall–Kier alpha value is -1.61. The zero-order chi connectivity index (χ0) is 20.4. The Labute approximate surface area is 192 Å². The van der Waals surface area contributed by atoms with E-state index in [0.29, 0.717) is 19.0 Å². The maximum absolute atomic E-state index is 11.8.